The first kappa shape index (κ1) is 17.3. The third-order valence-corrected chi connectivity index (χ3v) is 3.97. The summed E-state index contributed by atoms with van der Waals surface area (Å²) >= 11 is 0. The Kier molecular flexibility index (Phi) is 6.97. The first-order chi connectivity index (χ1) is 10.0. The van der Waals surface area contributed by atoms with E-state index in [2.05, 4.69) is 62.1 Å². The summed E-state index contributed by atoms with van der Waals surface area (Å²) in [5, 5.41) is 3.10. The van der Waals surface area contributed by atoms with Gasteiger partial charge >= 0.3 is 0 Å². The fraction of sp³-hybridized carbons (Fsp3) is 0.368. The monoisotopic (exact) mass is 284 g/mol. The Bertz CT molecular complexity index is 502. The van der Waals surface area contributed by atoms with Crippen molar-refractivity contribution in [1.29, 1.82) is 0 Å². The molecule has 0 spiro atoms. The summed E-state index contributed by atoms with van der Waals surface area (Å²) in [5.41, 5.74) is 4.89. The van der Waals surface area contributed by atoms with E-state index in [1.54, 1.807) is 0 Å². The predicted octanol–water partition coefficient (Wildman–Crippen LogP) is 4.14. The second kappa shape index (κ2) is 8.48. The molecule has 1 rings (SSSR count). The molecule has 0 aliphatic rings. The minimum Gasteiger partial charge on any atom is -0.392 e. The Morgan fingerprint density at radius 1 is 1.38 bits per heavy atom. The molecule has 0 saturated carbocycles. The quantitative estimate of drug-likeness (QED) is 0.686. The van der Waals surface area contributed by atoms with Crippen LogP contribution < -0.4 is 5.32 Å². The molecule has 114 valence electrons. The summed E-state index contributed by atoms with van der Waals surface area (Å²) in [7, 11) is 4.06. The summed E-state index contributed by atoms with van der Waals surface area (Å²) < 4.78 is 0. The average Bonchev–Trinajstić information content (AvgIpc) is 2.47. The second-order valence-corrected chi connectivity index (χ2v) is 5.46. The maximum atomic E-state index is 3.98. The van der Waals surface area contributed by atoms with E-state index >= 15 is 0 Å². The van der Waals surface area contributed by atoms with Crippen molar-refractivity contribution in [2.75, 3.05) is 14.1 Å². The summed E-state index contributed by atoms with van der Waals surface area (Å²) in [6, 6.07) is 6.75. The summed E-state index contributed by atoms with van der Waals surface area (Å²) in [5.74, 6) is 0. The molecule has 2 heteroatoms. The molecular weight excluding hydrogens is 256 g/mol. The molecule has 0 amide bonds. The van der Waals surface area contributed by atoms with E-state index in [-0.39, 0.29) is 0 Å². The maximum absolute atomic E-state index is 3.98. The van der Waals surface area contributed by atoms with Crippen LogP contribution in [0.15, 0.2) is 49.7 Å². The highest BCUT2D eigenvalue weighted by molar-refractivity contribution is 5.56. The minimum atomic E-state index is 0.341. The van der Waals surface area contributed by atoms with Crippen molar-refractivity contribution < 1.29 is 0 Å². The smallest absolute Gasteiger partial charge is 0.0279 e. The van der Waals surface area contributed by atoms with Gasteiger partial charge in [0.15, 0.2) is 0 Å². The Morgan fingerprint density at radius 3 is 2.67 bits per heavy atom. The van der Waals surface area contributed by atoms with Gasteiger partial charge in [0, 0.05) is 25.3 Å². The van der Waals surface area contributed by atoms with Gasteiger partial charge in [0.1, 0.15) is 0 Å². The fourth-order valence-electron chi connectivity index (χ4n) is 2.52. The summed E-state index contributed by atoms with van der Waals surface area (Å²) in [6.07, 6.45) is 5.95. The molecule has 0 aliphatic heterocycles. The third kappa shape index (κ3) is 4.91. The van der Waals surface area contributed by atoms with Crippen molar-refractivity contribution in [2.45, 2.75) is 32.4 Å². The fourth-order valence-corrected chi connectivity index (χ4v) is 2.52. The van der Waals surface area contributed by atoms with E-state index in [1.165, 1.54) is 16.7 Å². The molecule has 21 heavy (non-hydrogen) atoms. The molecule has 2 nitrogen and oxygen atoms in total. The number of rotatable bonds is 9. The Morgan fingerprint density at radius 2 is 2.10 bits per heavy atom. The van der Waals surface area contributed by atoms with Crippen molar-refractivity contribution in [2.24, 2.45) is 0 Å². The van der Waals surface area contributed by atoms with Crippen LogP contribution >= 0.6 is 0 Å². The van der Waals surface area contributed by atoms with Crippen LogP contribution in [0.1, 0.15) is 29.5 Å². The van der Waals surface area contributed by atoms with Gasteiger partial charge in [-0.3, -0.25) is 4.90 Å². The van der Waals surface area contributed by atoms with Crippen molar-refractivity contribution in [3.63, 3.8) is 0 Å². The molecule has 0 aromatic heterocycles. The van der Waals surface area contributed by atoms with Gasteiger partial charge in [-0.25, -0.2) is 0 Å². The zero-order valence-corrected chi connectivity index (χ0v) is 13.7. The number of benzene rings is 1. The molecule has 0 heterocycles. The van der Waals surface area contributed by atoms with Crippen LogP contribution in [0.3, 0.4) is 0 Å². The molecule has 1 aromatic carbocycles. The van der Waals surface area contributed by atoms with Crippen LogP contribution in [0, 0.1) is 6.92 Å². The lowest BCUT2D eigenvalue weighted by molar-refractivity contribution is 0.261. The number of nitrogens with one attached hydrogen (secondary N) is 1. The maximum Gasteiger partial charge on any atom is 0.0279 e. The highest BCUT2D eigenvalue weighted by Crippen LogP contribution is 2.19. The average molecular weight is 284 g/mol. The van der Waals surface area contributed by atoms with Crippen LogP contribution in [-0.4, -0.2) is 25.0 Å². The van der Waals surface area contributed by atoms with Crippen molar-refractivity contribution >= 4 is 6.08 Å². The first-order valence-electron chi connectivity index (χ1n) is 7.42. The van der Waals surface area contributed by atoms with Crippen LogP contribution in [0.25, 0.3) is 6.08 Å². The number of nitrogens with zero attached hydrogens (tertiary/aromatic N) is 1. The molecule has 1 atom stereocenters. The number of hydrogen-bond donors (Lipinski definition) is 1. The largest absolute Gasteiger partial charge is 0.392 e. The Labute approximate surface area is 129 Å². The lowest BCUT2D eigenvalue weighted by Gasteiger charge is -2.26. The van der Waals surface area contributed by atoms with Gasteiger partial charge in [0.05, 0.1) is 0 Å². The standard InChI is InChI=1S/C19H28N2/c1-7-18(13-12-16(4)20-5)21(6)14-17-11-9-10-15(3)19(17)8-2/h7-11,18,20H,1-2,4,12-14H2,3,5-6H3. The SMILES string of the molecule is C=Cc1c(C)cccc1CN(C)C(C=C)CCC(=C)NC. The van der Waals surface area contributed by atoms with Gasteiger partial charge in [0.2, 0.25) is 0 Å². The van der Waals surface area contributed by atoms with Crippen molar-refractivity contribution in [1.82, 2.24) is 10.2 Å². The van der Waals surface area contributed by atoms with Gasteiger partial charge < -0.3 is 5.32 Å². The van der Waals surface area contributed by atoms with Gasteiger partial charge in [-0.2, -0.15) is 0 Å². The molecule has 1 aromatic rings. The molecule has 1 N–H and O–H groups in total. The molecule has 0 fully saturated rings. The number of hydrogen-bond acceptors (Lipinski definition) is 2. The highest BCUT2D eigenvalue weighted by Gasteiger charge is 2.13. The summed E-state index contributed by atoms with van der Waals surface area (Å²) in [6.45, 7) is 14.9. The van der Waals surface area contributed by atoms with Gasteiger partial charge in [0.25, 0.3) is 0 Å². The van der Waals surface area contributed by atoms with Crippen LogP contribution in [-0.2, 0) is 6.54 Å². The van der Waals surface area contributed by atoms with Crippen molar-refractivity contribution in [3.8, 4) is 0 Å². The lowest BCUT2D eigenvalue weighted by atomic mass is 10.0. The van der Waals surface area contributed by atoms with E-state index in [0.29, 0.717) is 6.04 Å². The van der Waals surface area contributed by atoms with E-state index in [4.69, 9.17) is 0 Å². The zero-order chi connectivity index (χ0) is 15.8. The molecule has 0 radical (unpaired) electrons. The normalized spacial score (nSPS) is 12.0. The highest BCUT2D eigenvalue weighted by atomic mass is 15.1. The zero-order valence-electron chi connectivity index (χ0n) is 13.7. The Hall–Kier alpha value is -1.80. The molecular formula is C19H28N2. The minimum absolute atomic E-state index is 0.341. The first-order valence-corrected chi connectivity index (χ1v) is 7.42. The number of allylic oxidation sites excluding steroid dienone is 1. The lowest BCUT2D eigenvalue weighted by Crippen LogP contribution is -2.30. The van der Waals surface area contributed by atoms with Gasteiger partial charge in [-0.15, -0.1) is 6.58 Å². The number of likely N-dealkylation sites (N-methyl/N-ethyl adjacent to an activating group) is 1. The molecule has 1 unspecified atom stereocenters. The Balaban J connectivity index is 2.76. The van der Waals surface area contributed by atoms with E-state index < -0.39 is 0 Å². The topological polar surface area (TPSA) is 15.3 Å². The molecule has 0 bridgehead atoms. The summed E-state index contributed by atoms with van der Waals surface area (Å²) in [4.78, 5) is 2.33. The van der Waals surface area contributed by atoms with E-state index in [9.17, 15) is 0 Å². The van der Waals surface area contributed by atoms with Crippen molar-refractivity contribution in [3.05, 3.63) is 66.4 Å². The predicted molar refractivity (Wildman–Crippen MR) is 94.2 cm³/mol. The van der Waals surface area contributed by atoms with Crippen LogP contribution in [0.2, 0.25) is 0 Å². The van der Waals surface area contributed by atoms with Gasteiger partial charge in [-0.1, -0.05) is 43.5 Å². The third-order valence-electron chi connectivity index (χ3n) is 3.97. The van der Waals surface area contributed by atoms with Gasteiger partial charge in [-0.05, 0) is 43.5 Å². The van der Waals surface area contributed by atoms with E-state index in [1.807, 2.05) is 19.2 Å². The second-order valence-electron chi connectivity index (χ2n) is 5.46. The van der Waals surface area contributed by atoms with Crippen LogP contribution in [0.5, 0.6) is 0 Å². The van der Waals surface area contributed by atoms with E-state index in [0.717, 1.165) is 25.1 Å². The molecule has 0 aliphatic carbocycles. The van der Waals surface area contributed by atoms with Crippen LogP contribution in [0.4, 0.5) is 0 Å². The molecule has 0 saturated heterocycles. The number of aryl methyl sites for hydroxylation is 1.